The lowest BCUT2D eigenvalue weighted by molar-refractivity contribution is -0.140. The summed E-state index contributed by atoms with van der Waals surface area (Å²) in [5, 5.41) is 3.22. The third-order valence-corrected chi connectivity index (χ3v) is 8.29. The first-order chi connectivity index (χ1) is 19.0. The van der Waals surface area contributed by atoms with Crippen LogP contribution in [0.5, 0.6) is 0 Å². The van der Waals surface area contributed by atoms with Gasteiger partial charge in [0.1, 0.15) is 12.6 Å². The van der Waals surface area contributed by atoms with E-state index in [2.05, 4.69) is 5.32 Å². The molecule has 0 aliphatic rings. The summed E-state index contributed by atoms with van der Waals surface area (Å²) in [5.74, 6) is -0.954. The number of benzene rings is 3. The van der Waals surface area contributed by atoms with Gasteiger partial charge in [0, 0.05) is 18.5 Å². The molecular formula is C30H34Cl3N3O4S. The number of halogens is 3. The quantitative estimate of drug-likeness (QED) is 0.265. The molecule has 0 fully saturated rings. The van der Waals surface area contributed by atoms with Crippen LogP contribution in [-0.2, 0) is 32.6 Å². The second-order valence-corrected chi connectivity index (χ2v) is 14.1. The van der Waals surface area contributed by atoms with Crippen molar-refractivity contribution in [2.75, 3.05) is 17.1 Å². The highest BCUT2D eigenvalue weighted by atomic mass is 35.5. The maximum Gasteiger partial charge on any atom is 0.244 e. The zero-order chi connectivity index (χ0) is 30.5. The van der Waals surface area contributed by atoms with Crippen molar-refractivity contribution in [3.8, 4) is 0 Å². The van der Waals surface area contributed by atoms with Gasteiger partial charge >= 0.3 is 0 Å². The highest BCUT2D eigenvalue weighted by molar-refractivity contribution is 7.92. The minimum atomic E-state index is -4.01. The van der Waals surface area contributed by atoms with Gasteiger partial charge in [-0.2, -0.15) is 0 Å². The number of anilines is 1. The van der Waals surface area contributed by atoms with E-state index in [-0.39, 0.29) is 39.6 Å². The van der Waals surface area contributed by atoms with Crippen LogP contribution in [0.1, 0.15) is 37.5 Å². The van der Waals surface area contributed by atoms with Gasteiger partial charge in [0.15, 0.2) is 0 Å². The molecule has 0 aliphatic heterocycles. The molecule has 41 heavy (non-hydrogen) atoms. The van der Waals surface area contributed by atoms with Crippen LogP contribution in [0.2, 0.25) is 15.1 Å². The van der Waals surface area contributed by atoms with Gasteiger partial charge in [0.2, 0.25) is 21.8 Å². The zero-order valence-electron chi connectivity index (χ0n) is 23.6. The summed E-state index contributed by atoms with van der Waals surface area (Å²) in [6.45, 7) is 6.96. The number of amides is 2. The van der Waals surface area contributed by atoms with Crippen molar-refractivity contribution in [2.24, 2.45) is 0 Å². The van der Waals surface area contributed by atoms with Crippen LogP contribution in [0.15, 0.2) is 66.7 Å². The average Bonchev–Trinajstić information content (AvgIpc) is 2.86. The Balaban J connectivity index is 2.12. The van der Waals surface area contributed by atoms with Gasteiger partial charge in [-0.25, -0.2) is 8.42 Å². The molecule has 0 aromatic heterocycles. The van der Waals surface area contributed by atoms with E-state index in [4.69, 9.17) is 34.8 Å². The Morgan fingerprint density at radius 2 is 1.49 bits per heavy atom. The van der Waals surface area contributed by atoms with Crippen molar-refractivity contribution in [1.29, 1.82) is 0 Å². The lowest BCUT2D eigenvalue weighted by Gasteiger charge is -2.35. The number of sulfonamides is 1. The molecule has 2 amide bonds. The van der Waals surface area contributed by atoms with Crippen LogP contribution in [0.4, 0.5) is 5.69 Å². The Bertz CT molecular complexity index is 1510. The highest BCUT2D eigenvalue weighted by Crippen LogP contribution is 2.35. The molecule has 0 heterocycles. The Morgan fingerprint density at radius 3 is 2.07 bits per heavy atom. The fraction of sp³-hybridized carbons (Fsp3) is 0.333. The van der Waals surface area contributed by atoms with Crippen LogP contribution < -0.4 is 9.62 Å². The third-order valence-electron chi connectivity index (χ3n) is 6.14. The first-order valence-electron chi connectivity index (χ1n) is 12.9. The summed E-state index contributed by atoms with van der Waals surface area (Å²) >= 11 is 18.6. The molecule has 0 saturated carbocycles. The standard InChI is InChI=1S/C30H34Cl3N3O4S/c1-20-10-9-13-22(14-20)18-35(27(29(38)34-30(2,3)4)15-21-11-7-6-8-12-21)28(37)19-36(41(5,39)40)26-17-24(32)23(31)16-25(26)33/h6-14,16-17,27H,15,18-19H2,1-5H3,(H,34,38)/t27-/m1/s1. The molecule has 1 N–H and O–H groups in total. The molecule has 0 spiro atoms. The number of hydrogen-bond acceptors (Lipinski definition) is 4. The maximum atomic E-state index is 14.2. The average molecular weight is 639 g/mol. The number of nitrogens with one attached hydrogen (secondary N) is 1. The minimum absolute atomic E-state index is 0.00572. The van der Waals surface area contributed by atoms with Gasteiger partial charge in [0.25, 0.3) is 0 Å². The number of carbonyl (C=O) groups excluding carboxylic acids is 2. The van der Waals surface area contributed by atoms with Crippen LogP contribution in [0.25, 0.3) is 0 Å². The fourth-order valence-electron chi connectivity index (χ4n) is 4.31. The molecule has 1 atom stereocenters. The fourth-order valence-corrected chi connectivity index (χ4v) is 5.86. The van der Waals surface area contributed by atoms with E-state index in [0.717, 1.165) is 27.3 Å². The van der Waals surface area contributed by atoms with Gasteiger partial charge in [-0.05, 0) is 51.0 Å². The summed E-state index contributed by atoms with van der Waals surface area (Å²) in [6.07, 6.45) is 1.19. The third kappa shape index (κ3) is 9.36. The second-order valence-electron chi connectivity index (χ2n) is 10.9. The molecule has 11 heteroatoms. The van der Waals surface area contributed by atoms with Gasteiger partial charge in [-0.3, -0.25) is 13.9 Å². The van der Waals surface area contributed by atoms with Crippen molar-refractivity contribution in [1.82, 2.24) is 10.2 Å². The van der Waals surface area contributed by atoms with Crippen molar-refractivity contribution in [2.45, 2.75) is 52.2 Å². The monoisotopic (exact) mass is 637 g/mol. The second kappa shape index (κ2) is 13.5. The van der Waals surface area contributed by atoms with E-state index in [1.807, 2.05) is 82.3 Å². The summed E-state index contributed by atoms with van der Waals surface area (Å²) in [4.78, 5) is 29.4. The molecule has 0 radical (unpaired) electrons. The minimum Gasteiger partial charge on any atom is -0.350 e. The Labute approximate surface area is 257 Å². The molecule has 0 unspecified atom stereocenters. The maximum absolute atomic E-state index is 14.2. The zero-order valence-corrected chi connectivity index (χ0v) is 26.7. The molecular weight excluding hydrogens is 605 g/mol. The summed E-state index contributed by atoms with van der Waals surface area (Å²) < 4.78 is 26.8. The first-order valence-corrected chi connectivity index (χ1v) is 15.9. The molecule has 3 rings (SSSR count). The Morgan fingerprint density at radius 1 is 0.878 bits per heavy atom. The number of hydrogen-bond donors (Lipinski definition) is 1. The van der Waals surface area contributed by atoms with Gasteiger partial charge in [0.05, 0.1) is 27.0 Å². The molecule has 3 aromatic rings. The molecule has 3 aromatic carbocycles. The first kappa shape index (κ1) is 32.7. The van der Waals surface area contributed by atoms with Crippen LogP contribution in [0.3, 0.4) is 0 Å². The SMILES string of the molecule is Cc1cccc(CN(C(=O)CN(c2cc(Cl)c(Cl)cc2Cl)S(C)(=O)=O)[C@H](Cc2ccccc2)C(=O)NC(C)(C)C)c1. The van der Waals surface area contributed by atoms with Gasteiger partial charge < -0.3 is 10.2 Å². The largest absolute Gasteiger partial charge is 0.350 e. The van der Waals surface area contributed by atoms with Crippen LogP contribution in [-0.4, -0.2) is 49.5 Å². The Kier molecular flexibility index (Phi) is 10.7. The van der Waals surface area contributed by atoms with E-state index in [9.17, 15) is 18.0 Å². The highest BCUT2D eigenvalue weighted by Gasteiger charge is 2.35. The van der Waals surface area contributed by atoms with Crippen molar-refractivity contribution < 1.29 is 18.0 Å². The van der Waals surface area contributed by atoms with Gasteiger partial charge in [-0.1, -0.05) is 95.0 Å². The molecule has 0 saturated heterocycles. The van der Waals surface area contributed by atoms with Gasteiger partial charge in [-0.15, -0.1) is 0 Å². The lowest BCUT2D eigenvalue weighted by Crippen LogP contribution is -2.56. The van der Waals surface area contributed by atoms with E-state index in [1.54, 1.807) is 0 Å². The van der Waals surface area contributed by atoms with E-state index in [0.29, 0.717) is 0 Å². The normalized spacial score (nSPS) is 12.5. The smallest absolute Gasteiger partial charge is 0.244 e. The number of nitrogens with zero attached hydrogens (tertiary/aromatic N) is 2. The predicted octanol–water partition coefficient (Wildman–Crippen LogP) is 6.28. The summed E-state index contributed by atoms with van der Waals surface area (Å²) in [5.41, 5.74) is 2.05. The van der Waals surface area contributed by atoms with Crippen molar-refractivity contribution >= 4 is 62.3 Å². The Hall–Kier alpha value is -2.78. The summed E-state index contributed by atoms with van der Waals surface area (Å²) in [7, 11) is -4.01. The number of rotatable bonds is 10. The number of aryl methyl sites for hydroxylation is 1. The lowest BCUT2D eigenvalue weighted by atomic mass is 10.0. The molecule has 7 nitrogen and oxygen atoms in total. The van der Waals surface area contributed by atoms with Crippen LogP contribution in [0, 0.1) is 6.92 Å². The topological polar surface area (TPSA) is 86.8 Å². The van der Waals surface area contributed by atoms with E-state index in [1.165, 1.54) is 17.0 Å². The molecule has 0 aliphatic carbocycles. The van der Waals surface area contributed by atoms with Crippen molar-refractivity contribution in [3.63, 3.8) is 0 Å². The number of carbonyl (C=O) groups is 2. The van der Waals surface area contributed by atoms with E-state index < -0.39 is 34.1 Å². The van der Waals surface area contributed by atoms with Crippen LogP contribution >= 0.6 is 34.8 Å². The van der Waals surface area contributed by atoms with Crippen molar-refractivity contribution in [3.05, 3.63) is 98.5 Å². The summed E-state index contributed by atoms with van der Waals surface area (Å²) in [6, 6.07) is 18.6. The molecule has 220 valence electrons. The van der Waals surface area contributed by atoms with E-state index >= 15 is 0 Å². The molecule has 0 bridgehead atoms. The predicted molar refractivity (Wildman–Crippen MR) is 167 cm³/mol.